The quantitative estimate of drug-likeness (QED) is 0.0303. The molecular formula is C36H66NO8P. The van der Waals surface area contributed by atoms with Crippen molar-refractivity contribution >= 4 is 19.8 Å². The Morgan fingerprint density at radius 3 is 1.78 bits per heavy atom. The summed E-state index contributed by atoms with van der Waals surface area (Å²) in [6.45, 7) is 3.56. The van der Waals surface area contributed by atoms with Crippen LogP contribution in [0.1, 0.15) is 149 Å². The third kappa shape index (κ3) is 32.2. The van der Waals surface area contributed by atoms with E-state index in [0.717, 1.165) is 70.6 Å². The smallest absolute Gasteiger partial charge is 0.462 e. The standard InChI is InChI=1S/C36H66NO8P/c1-3-5-7-9-11-13-15-16-17-18-19-21-22-24-26-28-35(38)42-32-34(33-44-46(40,41)43-31-30-37)45-36(39)29-27-25-23-20-14-12-10-8-6-4-2/h5,7,11,13,16-17,34H,3-4,6,8-10,12,14-15,18-33,37H2,1-2H3,(H,40,41)/b7-5-,13-11-,17-16-/t34-/m1/s1. The third-order valence-electron chi connectivity index (χ3n) is 7.29. The first-order valence-corrected chi connectivity index (χ1v) is 19.5. The Morgan fingerprint density at radius 1 is 0.674 bits per heavy atom. The van der Waals surface area contributed by atoms with E-state index >= 15 is 0 Å². The lowest BCUT2D eigenvalue weighted by Crippen LogP contribution is -2.29. The zero-order chi connectivity index (χ0) is 34.0. The molecule has 0 fully saturated rings. The number of hydrogen-bond donors (Lipinski definition) is 2. The average Bonchev–Trinajstić information content (AvgIpc) is 3.04. The molecule has 46 heavy (non-hydrogen) atoms. The summed E-state index contributed by atoms with van der Waals surface area (Å²) in [5.74, 6) is -0.852. The lowest BCUT2D eigenvalue weighted by Gasteiger charge is -2.19. The van der Waals surface area contributed by atoms with E-state index in [2.05, 4.69) is 50.3 Å². The van der Waals surface area contributed by atoms with Crippen LogP contribution in [0.3, 0.4) is 0 Å². The molecule has 0 rings (SSSR count). The Hall–Kier alpha value is -1.77. The SMILES string of the molecule is CC/C=C\C/C=C\C/C=C\CCCCCCCC(=O)OC[C@H](COP(=O)(O)OCCN)OC(=O)CCCCCCCCCCCC. The van der Waals surface area contributed by atoms with Gasteiger partial charge in [0.2, 0.25) is 0 Å². The molecule has 9 nitrogen and oxygen atoms in total. The van der Waals surface area contributed by atoms with Crippen LogP contribution < -0.4 is 5.73 Å². The van der Waals surface area contributed by atoms with Crippen LogP contribution in [0.4, 0.5) is 0 Å². The van der Waals surface area contributed by atoms with Gasteiger partial charge in [0.05, 0.1) is 13.2 Å². The molecule has 0 spiro atoms. The van der Waals surface area contributed by atoms with E-state index in [4.69, 9.17) is 24.3 Å². The maximum absolute atomic E-state index is 12.5. The lowest BCUT2D eigenvalue weighted by atomic mass is 10.1. The minimum atomic E-state index is -4.37. The van der Waals surface area contributed by atoms with Gasteiger partial charge < -0.3 is 20.1 Å². The number of carbonyl (C=O) groups is 2. The first-order chi connectivity index (χ1) is 22.3. The van der Waals surface area contributed by atoms with Crippen molar-refractivity contribution in [2.24, 2.45) is 5.73 Å². The van der Waals surface area contributed by atoms with Crippen LogP contribution in [0.15, 0.2) is 36.5 Å². The highest BCUT2D eigenvalue weighted by Gasteiger charge is 2.25. The monoisotopic (exact) mass is 671 g/mol. The van der Waals surface area contributed by atoms with Gasteiger partial charge in [-0.2, -0.15) is 0 Å². The molecule has 1 unspecified atom stereocenters. The maximum atomic E-state index is 12.5. The number of nitrogens with two attached hydrogens (primary N) is 1. The van der Waals surface area contributed by atoms with E-state index in [-0.39, 0.29) is 32.6 Å². The first kappa shape index (κ1) is 44.2. The highest BCUT2D eigenvalue weighted by Crippen LogP contribution is 2.43. The Labute approximate surface area is 280 Å². The average molecular weight is 672 g/mol. The molecular weight excluding hydrogens is 605 g/mol. The van der Waals surface area contributed by atoms with Gasteiger partial charge in [-0.15, -0.1) is 0 Å². The second kappa shape index (κ2) is 33.1. The van der Waals surface area contributed by atoms with Crippen molar-refractivity contribution < 1.29 is 37.6 Å². The predicted molar refractivity (Wildman–Crippen MR) is 187 cm³/mol. The van der Waals surface area contributed by atoms with Crippen LogP contribution in [0, 0.1) is 0 Å². The lowest BCUT2D eigenvalue weighted by molar-refractivity contribution is -0.161. The van der Waals surface area contributed by atoms with E-state index in [0.29, 0.717) is 12.8 Å². The van der Waals surface area contributed by atoms with Crippen LogP contribution in [0.25, 0.3) is 0 Å². The highest BCUT2D eigenvalue weighted by molar-refractivity contribution is 7.47. The summed E-state index contributed by atoms with van der Waals surface area (Å²) in [5.41, 5.74) is 5.32. The summed E-state index contributed by atoms with van der Waals surface area (Å²) < 4.78 is 32.5. The van der Waals surface area contributed by atoms with Gasteiger partial charge in [-0.3, -0.25) is 18.6 Å². The predicted octanol–water partition coefficient (Wildman–Crippen LogP) is 9.43. The molecule has 0 radical (unpaired) electrons. The summed E-state index contributed by atoms with van der Waals surface area (Å²) >= 11 is 0. The zero-order valence-electron chi connectivity index (χ0n) is 29.0. The Balaban J connectivity index is 4.26. The summed E-state index contributed by atoms with van der Waals surface area (Å²) in [4.78, 5) is 34.6. The number of carbonyl (C=O) groups excluding carboxylic acids is 2. The van der Waals surface area contributed by atoms with Crippen LogP contribution in [-0.2, 0) is 32.7 Å². The molecule has 0 aliphatic carbocycles. The third-order valence-corrected chi connectivity index (χ3v) is 8.27. The van der Waals surface area contributed by atoms with Gasteiger partial charge in [-0.05, 0) is 44.9 Å². The van der Waals surface area contributed by atoms with E-state index < -0.39 is 32.5 Å². The zero-order valence-corrected chi connectivity index (χ0v) is 29.9. The fourth-order valence-corrected chi connectivity index (χ4v) is 5.41. The van der Waals surface area contributed by atoms with Gasteiger partial charge in [-0.1, -0.05) is 127 Å². The number of allylic oxidation sites excluding steroid dienone is 6. The molecule has 0 aliphatic heterocycles. The number of unbranched alkanes of at least 4 members (excludes halogenated alkanes) is 14. The number of ether oxygens (including phenoxy) is 2. The number of hydrogen-bond acceptors (Lipinski definition) is 8. The molecule has 0 heterocycles. The minimum absolute atomic E-state index is 0.0509. The second-order valence-electron chi connectivity index (χ2n) is 11.7. The van der Waals surface area contributed by atoms with Gasteiger partial charge in [-0.25, -0.2) is 4.57 Å². The number of rotatable bonds is 33. The molecule has 0 aromatic heterocycles. The molecule has 10 heteroatoms. The number of phosphoric ester groups is 1. The number of phosphoric acid groups is 1. The van der Waals surface area contributed by atoms with E-state index in [9.17, 15) is 19.0 Å². The number of esters is 2. The van der Waals surface area contributed by atoms with E-state index in [1.54, 1.807) is 0 Å². The molecule has 0 saturated heterocycles. The minimum Gasteiger partial charge on any atom is -0.462 e. The van der Waals surface area contributed by atoms with Crippen molar-refractivity contribution in [2.45, 2.75) is 155 Å². The van der Waals surface area contributed by atoms with Crippen LogP contribution in [0.5, 0.6) is 0 Å². The fraction of sp³-hybridized carbons (Fsp3) is 0.778. The summed E-state index contributed by atoms with van der Waals surface area (Å²) in [6, 6.07) is 0. The van der Waals surface area contributed by atoms with Crippen molar-refractivity contribution in [3.63, 3.8) is 0 Å². The fourth-order valence-electron chi connectivity index (χ4n) is 4.65. The van der Waals surface area contributed by atoms with E-state index in [1.165, 1.54) is 38.5 Å². The van der Waals surface area contributed by atoms with Gasteiger partial charge in [0.1, 0.15) is 6.61 Å². The van der Waals surface area contributed by atoms with Crippen molar-refractivity contribution in [1.82, 2.24) is 0 Å². The summed E-state index contributed by atoms with van der Waals surface area (Å²) in [7, 11) is -4.37. The molecule has 0 saturated carbocycles. The van der Waals surface area contributed by atoms with Crippen molar-refractivity contribution in [2.75, 3.05) is 26.4 Å². The highest BCUT2D eigenvalue weighted by atomic mass is 31.2. The molecule has 0 amide bonds. The largest absolute Gasteiger partial charge is 0.472 e. The molecule has 2 atom stereocenters. The molecule has 0 bridgehead atoms. The Morgan fingerprint density at radius 2 is 1.20 bits per heavy atom. The van der Waals surface area contributed by atoms with Gasteiger partial charge in [0, 0.05) is 19.4 Å². The van der Waals surface area contributed by atoms with E-state index in [1.807, 2.05) is 0 Å². The van der Waals surface area contributed by atoms with Crippen LogP contribution >= 0.6 is 7.82 Å². The maximum Gasteiger partial charge on any atom is 0.472 e. The molecule has 268 valence electrons. The van der Waals surface area contributed by atoms with Crippen molar-refractivity contribution in [3.8, 4) is 0 Å². The molecule has 3 N–H and O–H groups in total. The van der Waals surface area contributed by atoms with Crippen LogP contribution in [0.2, 0.25) is 0 Å². The summed E-state index contributed by atoms with van der Waals surface area (Å²) in [6.07, 6.45) is 33.2. The molecule has 0 aromatic carbocycles. The Bertz CT molecular complexity index is 861. The second-order valence-corrected chi connectivity index (χ2v) is 13.2. The first-order valence-electron chi connectivity index (χ1n) is 18.0. The molecule has 0 aromatic rings. The topological polar surface area (TPSA) is 134 Å². The van der Waals surface area contributed by atoms with Gasteiger partial charge in [0.15, 0.2) is 6.10 Å². The van der Waals surface area contributed by atoms with Crippen LogP contribution in [-0.4, -0.2) is 49.3 Å². The summed E-state index contributed by atoms with van der Waals surface area (Å²) in [5, 5.41) is 0. The van der Waals surface area contributed by atoms with Gasteiger partial charge in [0.25, 0.3) is 0 Å². The molecule has 0 aliphatic rings. The van der Waals surface area contributed by atoms with Crippen molar-refractivity contribution in [3.05, 3.63) is 36.5 Å². The van der Waals surface area contributed by atoms with Crippen molar-refractivity contribution in [1.29, 1.82) is 0 Å². The van der Waals surface area contributed by atoms with Gasteiger partial charge >= 0.3 is 19.8 Å². The normalized spacial score (nSPS) is 13.9. The Kier molecular flexibility index (Phi) is 31.9.